The van der Waals surface area contributed by atoms with E-state index < -0.39 is 0 Å². The smallest absolute Gasteiger partial charge is 0.220 e. The van der Waals surface area contributed by atoms with E-state index in [1.807, 2.05) is 13.8 Å². The normalized spacial score (nSPS) is 11.5. The van der Waals surface area contributed by atoms with Crippen molar-refractivity contribution >= 4 is 11.7 Å². The van der Waals surface area contributed by atoms with Gasteiger partial charge in [-0.15, -0.1) is 0 Å². The molecule has 0 aliphatic carbocycles. The molecule has 1 amide bonds. The Kier molecular flexibility index (Phi) is 29.3. The highest BCUT2D eigenvalue weighted by Crippen LogP contribution is 2.13. The van der Waals surface area contributed by atoms with Crippen LogP contribution >= 0.6 is 0 Å². The lowest BCUT2D eigenvalue weighted by Gasteiger charge is -2.07. The number of rotatable bonds is 31. The molecule has 0 aliphatic rings. The van der Waals surface area contributed by atoms with Crippen LogP contribution in [0.2, 0.25) is 0 Å². The molecule has 0 aromatic heterocycles. The molecular weight excluding hydrogens is 486 g/mol. The maximum Gasteiger partial charge on any atom is 0.220 e. The van der Waals surface area contributed by atoms with Crippen molar-refractivity contribution in [3.63, 3.8) is 0 Å². The van der Waals surface area contributed by atoms with Crippen molar-refractivity contribution in [2.45, 2.75) is 163 Å². The Morgan fingerprint density at radius 1 is 0.538 bits per heavy atom. The van der Waals surface area contributed by atoms with Gasteiger partial charge < -0.3 is 14.8 Å². The Hall–Kier alpha value is -0.940. The lowest BCUT2D eigenvalue weighted by atomic mass is 10.0. The van der Waals surface area contributed by atoms with Gasteiger partial charge in [0, 0.05) is 32.1 Å². The maximum absolute atomic E-state index is 11.9. The monoisotopic (exact) mass is 554 g/mol. The zero-order valence-electron chi connectivity index (χ0n) is 26.7. The first-order valence-electron chi connectivity index (χ1n) is 16.9. The van der Waals surface area contributed by atoms with Crippen LogP contribution in [0.15, 0.2) is 0 Å². The van der Waals surface area contributed by atoms with Crippen LogP contribution in [0.4, 0.5) is 0 Å². The quantitative estimate of drug-likeness (QED) is 0.0869. The molecule has 0 aromatic rings. The number of carbonyl (C=O) groups is 2. The topological polar surface area (TPSA) is 64.6 Å². The second-order valence-electron chi connectivity index (χ2n) is 12.3. The highest BCUT2D eigenvalue weighted by Gasteiger charge is 2.06. The minimum Gasteiger partial charge on any atom is -0.380 e. The van der Waals surface area contributed by atoms with Gasteiger partial charge in [0.05, 0.1) is 6.61 Å². The number of amides is 1. The van der Waals surface area contributed by atoms with Gasteiger partial charge in [0.15, 0.2) is 5.78 Å². The summed E-state index contributed by atoms with van der Waals surface area (Å²) in [6.45, 7) is 11.5. The van der Waals surface area contributed by atoms with Crippen LogP contribution in [0.1, 0.15) is 163 Å². The molecule has 0 spiro atoms. The maximum atomic E-state index is 11.9. The third kappa shape index (κ3) is 31.4. The summed E-state index contributed by atoms with van der Waals surface area (Å²) in [6.07, 6.45) is 26.2. The number of hydrogen-bond donors (Lipinski definition) is 1. The van der Waals surface area contributed by atoms with Crippen molar-refractivity contribution in [1.29, 1.82) is 0 Å². The van der Waals surface area contributed by atoms with Crippen molar-refractivity contribution < 1.29 is 19.1 Å². The highest BCUT2D eigenvalue weighted by atomic mass is 16.5. The second kappa shape index (κ2) is 30.0. The van der Waals surface area contributed by atoms with Gasteiger partial charge in [-0.2, -0.15) is 0 Å². The van der Waals surface area contributed by atoms with Gasteiger partial charge in [0.2, 0.25) is 5.91 Å². The van der Waals surface area contributed by atoms with Crippen LogP contribution in [0.25, 0.3) is 0 Å². The van der Waals surface area contributed by atoms with Crippen LogP contribution in [0, 0.1) is 11.8 Å². The number of ether oxygens (including phenoxy) is 2. The van der Waals surface area contributed by atoms with Gasteiger partial charge in [0.1, 0.15) is 6.61 Å². The van der Waals surface area contributed by atoms with E-state index in [2.05, 4.69) is 19.2 Å². The summed E-state index contributed by atoms with van der Waals surface area (Å²) in [5.41, 5.74) is 0. The van der Waals surface area contributed by atoms with Crippen molar-refractivity contribution in [1.82, 2.24) is 5.32 Å². The van der Waals surface area contributed by atoms with E-state index in [0.29, 0.717) is 19.6 Å². The molecule has 0 bridgehead atoms. The molecule has 5 heteroatoms. The third-order valence-electron chi connectivity index (χ3n) is 7.47. The SMILES string of the molecule is CC(C)CCCCCCCCCC(=O)NCCOCCCCCCCCCCCCCCOCC(=O)C(C)C. The van der Waals surface area contributed by atoms with Crippen LogP contribution in [0.3, 0.4) is 0 Å². The minimum atomic E-state index is 0.0824. The summed E-state index contributed by atoms with van der Waals surface area (Å²) in [5, 5.41) is 2.99. The first-order valence-corrected chi connectivity index (χ1v) is 16.9. The van der Waals surface area contributed by atoms with Crippen molar-refractivity contribution in [2.24, 2.45) is 11.8 Å². The van der Waals surface area contributed by atoms with Crippen molar-refractivity contribution in [2.75, 3.05) is 33.0 Å². The molecule has 0 saturated carbocycles. The standard InChI is InChI=1S/C34H67NO4/c1-31(2)24-20-16-12-11-13-17-21-25-34(37)35-26-29-38-27-22-18-14-9-7-5-6-8-10-15-19-23-28-39-30-33(36)32(3)4/h31-32H,5-30H2,1-4H3,(H,35,37). The largest absolute Gasteiger partial charge is 0.380 e. The van der Waals surface area contributed by atoms with E-state index in [1.54, 1.807) is 0 Å². The Bertz CT molecular complexity index is 535. The summed E-state index contributed by atoms with van der Waals surface area (Å²) >= 11 is 0. The molecule has 0 aliphatic heterocycles. The summed E-state index contributed by atoms with van der Waals surface area (Å²) in [5.74, 6) is 1.30. The molecule has 0 heterocycles. The van der Waals surface area contributed by atoms with Gasteiger partial charge >= 0.3 is 0 Å². The zero-order valence-corrected chi connectivity index (χ0v) is 26.7. The number of hydrogen-bond acceptors (Lipinski definition) is 4. The van der Waals surface area contributed by atoms with Gasteiger partial charge in [-0.3, -0.25) is 9.59 Å². The van der Waals surface area contributed by atoms with Crippen LogP contribution in [-0.4, -0.2) is 44.7 Å². The molecule has 0 fully saturated rings. The Labute approximate surface area is 243 Å². The Balaban J connectivity index is 3.17. The molecule has 39 heavy (non-hydrogen) atoms. The molecular formula is C34H67NO4. The number of Topliss-reactive ketones (excluding diaryl/α,β-unsaturated/α-hetero) is 1. The fraction of sp³-hybridized carbons (Fsp3) is 0.941. The molecule has 0 atom stereocenters. The van der Waals surface area contributed by atoms with Crippen molar-refractivity contribution in [3.8, 4) is 0 Å². The van der Waals surface area contributed by atoms with Gasteiger partial charge in [0.25, 0.3) is 0 Å². The minimum absolute atomic E-state index is 0.0824. The van der Waals surface area contributed by atoms with E-state index in [9.17, 15) is 9.59 Å². The molecule has 0 aromatic carbocycles. The molecule has 1 N–H and O–H groups in total. The summed E-state index contributed by atoms with van der Waals surface area (Å²) in [4.78, 5) is 23.4. The van der Waals surface area contributed by atoms with Crippen LogP contribution in [-0.2, 0) is 19.1 Å². The van der Waals surface area contributed by atoms with E-state index in [-0.39, 0.29) is 24.2 Å². The average molecular weight is 554 g/mol. The van der Waals surface area contributed by atoms with Crippen LogP contribution in [0.5, 0.6) is 0 Å². The third-order valence-corrected chi connectivity index (χ3v) is 7.47. The second-order valence-corrected chi connectivity index (χ2v) is 12.3. The fourth-order valence-corrected chi connectivity index (χ4v) is 4.69. The molecule has 232 valence electrons. The number of ketones is 1. The number of carbonyl (C=O) groups excluding carboxylic acids is 2. The van der Waals surface area contributed by atoms with Gasteiger partial charge in [-0.25, -0.2) is 0 Å². The van der Waals surface area contributed by atoms with Gasteiger partial charge in [-0.1, -0.05) is 137 Å². The summed E-state index contributed by atoms with van der Waals surface area (Å²) in [7, 11) is 0. The van der Waals surface area contributed by atoms with E-state index >= 15 is 0 Å². The molecule has 0 radical (unpaired) electrons. The summed E-state index contributed by atoms with van der Waals surface area (Å²) < 4.78 is 11.1. The molecule has 0 saturated heterocycles. The molecule has 5 nitrogen and oxygen atoms in total. The van der Waals surface area contributed by atoms with E-state index in [0.717, 1.165) is 38.4 Å². The van der Waals surface area contributed by atoms with Gasteiger partial charge in [-0.05, 0) is 25.2 Å². The first kappa shape index (κ1) is 38.1. The van der Waals surface area contributed by atoms with E-state index in [1.165, 1.54) is 109 Å². The average Bonchev–Trinajstić information content (AvgIpc) is 2.90. The lowest BCUT2D eigenvalue weighted by molar-refractivity contribution is -0.126. The Morgan fingerprint density at radius 2 is 0.974 bits per heavy atom. The first-order chi connectivity index (χ1) is 18.9. The van der Waals surface area contributed by atoms with E-state index in [4.69, 9.17) is 9.47 Å². The lowest BCUT2D eigenvalue weighted by Crippen LogP contribution is -2.27. The molecule has 0 rings (SSSR count). The predicted octanol–water partition coefficient (Wildman–Crippen LogP) is 9.21. The fourth-order valence-electron chi connectivity index (χ4n) is 4.69. The number of nitrogens with one attached hydrogen (secondary N) is 1. The highest BCUT2D eigenvalue weighted by molar-refractivity contribution is 5.81. The predicted molar refractivity (Wildman–Crippen MR) is 166 cm³/mol. The Morgan fingerprint density at radius 3 is 1.46 bits per heavy atom. The zero-order chi connectivity index (χ0) is 28.8. The van der Waals surface area contributed by atoms with Crippen molar-refractivity contribution in [3.05, 3.63) is 0 Å². The van der Waals surface area contributed by atoms with Crippen LogP contribution < -0.4 is 5.32 Å². The molecule has 0 unspecified atom stereocenters. The summed E-state index contributed by atoms with van der Waals surface area (Å²) in [6, 6.07) is 0. The number of unbranched alkanes of at least 4 members (excludes halogenated alkanes) is 17.